The van der Waals surface area contributed by atoms with Gasteiger partial charge >= 0.3 is 12.6 Å². The molecule has 0 saturated carbocycles. The van der Waals surface area contributed by atoms with Crippen LogP contribution < -0.4 is 15.0 Å². The van der Waals surface area contributed by atoms with Crippen molar-refractivity contribution in [3.05, 3.63) is 76.4 Å². The molecule has 0 radical (unpaired) electrons. The van der Waals surface area contributed by atoms with Gasteiger partial charge in [-0.3, -0.25) is 4.79 Å². The van der Waals surface area contributed by atoms with Crippen LogP contribution in [0.3, 0.4) is 0 Å². The number of ether oxygens (including phenoxy) is 2. The fourth-order valence-electron chi connectivity index (χ4n) is 2.94. The minimum absolute atomic E-state index is 0.0655. The van der Waals surface area contributed by atoms with Crippen LogP contribution in [0.25, 0.3) is 21.9 Å². The molecule has 7 nitrogen and oxygen atoms in total. The van der Waals surface area contributed by atoms with Gasteiger partial charge in [0, 0.05) is 5.39 Å². The number of hydrogen-bond acceptors (Lipinski definition) is 6. The maximum atomic E-state index is 12.9. The number of benzene rings is 2. The van der Waals surface area contributed by atoms with Crippen LogP contribution >= 0.6 is 11.6 Å². The van der Waals surface area contributed by atoms with Crippen LogP contribution in [0.2, 0.25) is 5.02 Å². The van der Waals surface area contributed by atoms with Gasteiger partial charge in [-0.2, -0.15) is 13.9 Å². The fourth-order valence-corrected chi connectivity index (χ4v) is 3.04. The third-order valence-corrected chi connectivity index (χ3v) is 4.59. The molecular formula is C21H15ClF2N4O3. The quantitative estimate of drug-likeness (QED) is 0.425. The van der Waals surface area contributed by atoms with Crippen molar-refractivity contribution in [1.29, 1.82) is 0 Å². The molecule has 4 aromatic rings. The zero-order valence-electron chi connectivity index (χ0n) is 15.9. The van der Waals surface area contributed by atoms with Crippen LogP contribution in [0.15, 0.2) is 65.8 Å². The van der Waals surface area contributed by atoms with Gasteiger partial charge in [-0.1, -0.05) is 35.9 Å². The number of alkyl halides is 2. The van der Waals surface area contributed by atoms with E-state index in [0.29, 0.717) is 15.8 Å². The highest BCUT2D eigenvalue weighted by molar-refractivity contribution is 6.30. The van der Waals surface area contributed by atoms with Crippen molar-refractivity contribution in [2.24, 2.45) is 0 Å². The zero-order valence-corrected chi connectivity index (χ0v) is 16.7. The maximum Gasteiger partial charge on any atom is 0.387 e. The Hall–Kier alpha value is -3.59. The molecular weight excluding hydrogens is 430 g/mol. The van der Waals surface area contributed by atoms with E-state index in [4.69, 9.17) is 16.3 Å². The van der Waals surface area contributed by atoms with Gasteiger partial charge in [0.15, 0.2) is 0 Å². The summed E-state index contributed by atoms with van der Waals surface area (Å²) in [6.07, 6.45) is 4.43. The molecule has 0 unspecified atom stereocenters. The summed E-state index contributed by atoms with van der Waals surface area (Å²) in [6.45, 7) is -2.54. The molecule has 0 bridgehead atoms. The third kappa shape index (κ3) is 4.95. The van der Waals surface area contributed by atoms with Gasteiger partial charge in [0.1, 0.15) is 12.4 Å². The Balaban J connectivity index is 1.53. The molecule has 2 heterocycles. The molecule has 10 heteroatoms. The number of rotatable bonds is 7. The number of nitrogens with zero attached hydrogens (tertiary/aromatic N) is 4. The molecule has 31 heavy (non-hydrogen) atoms. The average Bonchev–Trinajstić information content (AvgIpc) is 2.77. The van der Waals surface area contributed by atoms with Gasteiger partial charge in [-0.15, -0.1) is 0 Å². The maximum absolute atomic E-state index is 12.9. The third-order valence-electron chi connectivity index (χ3n) is 4.40. The molecule has 0 aliphatic carbocycles. The molecule has 0 fully saturated rings. The van der Waals surface area contributed by atoms with Crippen LogP contribution in [0.1, 0.15) is 0 Å². The predicted octanol–water partition coefficient (Wildman–Crippen LogP) is 4.19. The van der Waals surface area contributed by atoms with Gasteiger partial charge in [-0.25, -0.2) is 14.6 Å². The van der Waals surface area contributed by atoms with Gasteiger partial charge in [0.25, 0.3) is 5.56 Å². The van der Waals surface area contributed by atoms with E-state index in [0.717, 1.165) is 11.1 Å². The van der Waals surface area contributed by atoms with Crippen molar-refractivity contribution in [1.82, 2.24) is 19.7 Å². The highest BCUT2D eigenvalue weighted by Crippen LogP contribution is 2.25. The molecule has 0 aliphatic rings. The Bertz CT molecular complexity index is 1250. The fraction of sp³-hybridized carbons (Fsp3) is 0.143. The van der Waals surface area contributed by atoms with Gasteiger partial charge in [0.2, 0.25) is 0 Å². The molecule has 2 aromatic carbocycles. The molecule has 0 spiro atoms. The van der Waals surface area contributed by atoms with E-state index < -0.39 is 6.61 Å². The SMILES string of the molecule is O=c1c2cc(-c3ccc(OC(F)F)cc3)ccc2cnn1CCOc1ncc(Cl)cn1. The van der Waals surface area contributed by atoms with Crippen molar-refractivity contribution in [3.63, 3.8) is 0 Å². The highest BCUT2D eigenvalue weighted by atomic mass is 35.5. The Morgan fingerprint density at radius 3 is 2.42 bits per heavy atom. The van der Waals surface area contributed by atoms with Crippen LogP contribution in [0.4, 0.5) is 8.78 Å². The number of aromatic nitrogens is 4. The molecule has 0 amide bonds. The molecule has 2 aromatic heterocycles. The summed E-state index contributed by atoms with van der Waals surface area (Å²) < 4.78 is 35.7. The number of fused-ring (bicyclic) bond motifs is 1. The smallest absolute Gasteiger partial charge is 0.387 e. The molecule has 4 rings (SSSR count). The topological polar surface area (TPSA) is 79.1 Å². The normalized spacial score (nSPS) is 11.1. The first-order valence-corrected chi connectivity index (χ1v) is 9.53. The molecule has 0 saturated heterocycles. The first-order chi connectivity index (χ1) is 15.0. The van der Waals surface area contributed by atoms with Crippen LogP contribution in [0, 0.1) is 0 Å². The summed E-state index contributed by atoms with van der Waals surface area (Å²) in [5.74, 6) is 0.0655. The predicted molar refractivity (Wildman–Crippen MR) is 111 cm³/mol. The minimum atomic E-state index is -2.88. The van der Waals surface area contributed by atoms with Crippen LogP contribution in [0.5, 0.6) is 11.8 Å². The monoisotopic (exact) mass is 444 g/mol. The zero-order chi connectivity index (χ0) is 21.8. The summed E-state index contributed by atoms with van der Waals surface area (Å²) in [5.41, 5.74) is 1.24. The van der Waals surface area contributed by atoms with E-state index in [9.17, 15) is 13.6 Å². The lowest BCUT2D eigenvalue weighted by atomic mass is 10.0. The van der Waals surface area contributed by atoms with E-state index in [2.05, 4.69) is 19.8 Å². The van der Waals surface area contributed by atoms with Crippen LogP contribution in [-0.4, -0.2) is 33.0 Å². The summed E-state index contributed by atoms with van der Waals surface area (Å²) in [4.78, 5) is 20.7. The second-order valence-electron chi connectivity index (χ2n) is 6.41. The second kappa shape index (κ2) is 9.05. The number of halogens is 3. The second-order valence-corrected chi connectivity index (χ2v) is 6.85. The Morgan fingerprint density at radius 1 is 1.00 bits per heavy atom. The van der Waals surface area contributed by atoms with Crippen molar-refractivity contribution in [3.8, 4) is 22.9 Å². The lowest BCUT2D eigenvalue weighted by Crippen LogP contribution is -2.25. The Labute approximate surface area is 179 Å². The molecule has 0 atom stereocenters. The summed E-state index contributed by atoms with van der Waals surface area (Å²) in [6, 6.07) is 11.7. The van der Waals surface area contributed by atoms with E-state index in [1.807, 2.05) is 6.07 Å². The average molecular weight is 445 g/mol. The summed E-state index contributed by atoms with van der Waals surface area (Å²) >= 11 is 5.73. The Morgan fingerprint density at radius 2 is 1.71 bits per heavy atom. The van der Waals surface area contributed by atoms with Gasteiger partial charge < -0.3 is 9.47 Å². The van der Waals surface area contributed by atoms with E-state index in [1.165, 1.54) is 29.2 Å². The summed E-state index contributed by atoms with van der Waals surface area (Å²) in [5, 5.41) is 5.72. The lowest BCUT2D eigenvalue weighted by Gasteiger charge is -2.09. The standard InChI is InChI=1S/C21H15ClF2N4O3/c22-16-11-25-21(26-12-16)30-8-7-28-19(29)18-9-14(1-2-15(18)10-27-28)13-3-5-17(6-4-13)31-20(23)24/h1-6,9-12,20H,7-8H2. The molecule has 0 N–H and O–H groups in total. The van der Waals surface area contributed by atoms with E-state index in [-0.39, 0.29) is 30.5 Å². The van der Waals surface area contributed by atoms with E-state index >= 15 is 0 Å². The van der Waals surface area contributed by atoms with Crippen molar-refractivity contribution in [2.75, 3.05) is 6.61 Å². The Kier molecular flexibility index (Phi) is 6.03. The highest BCUT2D eigenvalue weighted by Gasteiger charge is 2.09. The molecule has 0 aliphatic heterocycles. The first-order valence-electron chi connectivity index (χ1n) is 9.15. The van der Waals surface area contributed by atoms with Crippen LogP contribution in [-0.2, 0) is 6.54 Å². The number of hydrogen-bond donors (Lipinski definition) is 0. The largest absolute Gasteiger partial charge is 0.461 e. The first kappa shape index (κ1) is 20.7. The van der Waals surface area contributed by atoms with Crippen molar-refractivity contribution < 1.29 is 18.3 Å². The van der Waals surface area contributed by atoms with Gasteiger partial charge in [-0.05, 0) is 29.3 Å². The summed E-state index contributed by atoms with van der Waals surface area (Å²) in [7, 11) is 0. The minimum Gasteiger partial charge on any atom is -0.461 e. The van der Waals surface area contributed by atoms with Crippen molar-refractivity contribution in [2.45, 2.75) is 13.2 Å². The molecule has 158 valence electrons. The lowest BCUT2D eigenvalue weighted by molar-refractivity contribution is -0.0498. The van der Waals surface area contributed by atoms with E-state index in [1.54, 1.807) is 30.5 Å². The van der Waals surface area contributed by atoms with Crippen molar-refractivity contribution >= 4 is 22.4 Å². The van der Waals surface area contributed by atoms with Gasteiger partial charge in [0.05, 0.1) is 35.5 Å².